The third kappa shape index (κ3) is 4.56. The van der Waals surface area contributed by atoms with E-state index in [2.05, 4.69) is 15.1 Å². The van der Waals surface area contributed by atoms with Crippen molar-refractivity contribution in [3.05, 3.63) is 32.3 Å². The van der Waals surface area contributed by atoms with Crippen molar-refractivity contribution in [1.82, 2.24) is 20.0 Å². The van der Waals surface area contributed by atoms with Crippen molar-refractivity contribution < 1.29 is 14.6 Å². The Morgan fingerprint density at radius 2 is 2.00 bits per heavy atom. The minimum Gasteiger partial charge on any atom is -0.384 e. The Hall–Kier alpha value is -1.97. The second-order valence-corrected chi connectivity index (χ2v) is 6.87. The van der Waals surface area contributed by atoms with Crippen molar-refractivity contribution in [3.63, 3.8) is 0 Å². The quantitative estimate of drug-likeness (QED) is 0.594. The van der Waals surface area contributed by atoms with Gasteiger partial charge < -0.3 is 19.6 Å². The molecular formula is C16H24N4O5. The molecule has 3 N–H and O–H groups in total. The number of hydrogen-bond acceptors (Lipinski definition) is 6. The van der Waals surface area contributed by atoms with E-state index in [9.17, 15) is 19.5 Å². The molecule has 2 saturated heterocycles. The normalized spacial score (nSPS) is 25.1. The summed E-state index contributed by atoms with van der Waals surface area (Å²) in [6.45, 7) is 3.36. The van der Waals surface area contributed by atoms with E-state index < -0.39 is 16.7 Å². The van der Waals surface area contributed by atoms with Crippen molar-refractivity contribution in [1.29, 1.82) is 0 Å². The van der Waals surface area contributed by atoms with Crippen molar-refractivity contribution in [2.24, 2.45) is 0 Å². The van der Waals surface area contributed by atoms with Crippen molar-refractivity contribution in [3.8, 4) is 0 Å². The highest BCUT2D eigenvalue weighted by Gasteiger charge is 2.36. The molecule has 1 aromatic heterocycles. The molecule has 3 rings (SSSR count). The summed E-state index contributed by atoms with van der Waals surface area (Å²) in [6, 6.07) is 1.13. The van der Waals surface area contributed by atoms with Gasteiger partial charge in [0.05, 0.1) is 26.2 Å². The third-order valence-corrected chi connectivity index (χ3v) is 4.67. The lowest BCUT2D eigenvalue weighted by molar-refractivity contribution is -0.133. The van der Waals surface area contributed by atoms with E-state index in [4.69, 9.17) is 4.74 Å². The molecule has 0 radical (unpaired) electrons. The zero-order chi connectivity index (χ0) is 17.9. The lowest BCUT2D eigenvalue weighted by Gasteiger charge is -2.34. The number of nitrogens with zero attached hydrogens (tertiary/aromatic N) is 2. The zero-order valence-electron chi connectivity index (χ0n) is 14.1. The predicted molar refractivity (Wildman–Crippen MR) is 89.4 cm³/mol. The molecule has 2 aliphatic rings. The summed E-state index contributed by atoms with van der Waals surface area (Å²) in [5.41, 5.74) is -1.97. The summed E-state index contributed by atoms with van der Waals surface area (Å²) in [4.78, 5) is 39.4. The van der Waals surface area contributed by atoms with Gasteiger partial charge in [-0.2, -0.15) is 0 Å². The van der Waals surface area contributed by atoms with E-state index in [1.807, 2.05) is 0 Å². The molecule has 0 unspecified atom stereocenters. The maximum atomic E-state index is 12.6. The molecule has 25 heavy (non-hydrogen) atoms. The van der Waals surface area contributed by atoms with Gasteiger partial charge in [-0.25, -0.2) is 0 Å². The molecule has 9 heteroatoms. The lowest BCUT2D eigenvalue weighted by Crippen LogP contribution is -2.53. The molecule has 0 aliphatic carbocycles. The fourth-order valence-corrected chi connectivity index (χ4v) is 3.45. The van der Waals surface area contributed by atoms with Gasteiger partial charge >= 0.3 is 0 Å². The number of H-pyrrole nitrogens is 2. The van der Waals surface area contributed by atoms with Gasteiger partial charge in [0.1, 0.15) is 5.60 Å². The monoisotopic (exact) mass is 352 g/mol. The van der Waals surface area contributed by atoms with Gasteiger partial charge in [0.2, 0.25) is 5.91 Å². The second kappa shape index (κ2) is 7.51. The topological polar surface area (TPSA) is 119 Å². The summed E-state index contributed by atoms with van der Waals surface area (Å²) in [6.07, 6.45) is 2.05. The fourth-order valence-electron chi connectivity index (χ4n) is 3.45. The molecule has 1 atom stereocenters. The number of β-amino-alcohol motifs (C(OH)–C–C–N with tert-alkyl or cyclic N) is 1. The van der Waals surface area contributed by atoms with Crippen molar-refractivity contribution in [2.45, 2.75) is 24.9 Å². The number of aromatic amines is 2. The predicted octanol–water partition coefficient (Wildman–Crippen LogP) is -1.71. The first-order valence-electron chi connectivity index (χ1n) is 8.56. The molecule has 1 amide bonds. The van der Waals surface area contributed by atoms with Crippen molar-refractivity contribution in [2.75, 3.05) is 45.9 Å². The van der Waals surface area contributed by atoms with Crippen LogP contribution < -0.4 is 11.1 Å². The smallest absolute Gasteiger partial charge is 0.266 e. The van der Waals surface area contributed by atoms with Gasteiger partial charge in [-0.3, -0.25) is 24.6 Å². The summed E-state index contributed by atoms with van der Waals surface area (Å²) in [5.74, 6) is -0.304. The minimum atomic E-state index is -1.13. The molecule has 1 aromatic rings. The van der Waals surface area contributed by atoms with E-state index in [1.54, 1.807) is 0 Å². The molecule has 9 nitrogen and oxygen atoms in total. The fraction of sp³-hybridized carbons (Fsp3) is 0.688. The van der Waals surface area contributed by atoms with Crippen LogP contribution in [-0.2, 0) is 16.0 Å². The number of aromatic nitrogens is 2. The molecule has 0 spiro atoms. The van der Waals surface area contributed by atoms with Gasteiger partial charge in [0.25, 0.3) is 11.1 Å². The SMILES string of the molecule is O=C(Cc1cc(=O)[nH][nH]c1=O)N1CCOC[C@@](O)(CN2CCCC2)C1. The van der Waals surface area contributed by atoms with Gasteiger partial charge in [0.15, 0.2) is 0 Å². The highest BCUT2D eigenvalue weighted by molar-refractivity contribution is 5.78. The van der Waals surface area contributed by atoms with Crippen LogP contribution in [0, 0.1) is 0 Å². The first-order valence-corrected chi connectivity index (χ1v) is 8.56. The highest BCUT2D eigenvalue weighted by atomic mass is 16.5. The highest BCUT2D eigenvalue weighted by Crippen LogP contribution is 2.18. The lowest BCUT2D eigenvalue weighted by atomic mass is 10.0. The maximum absolute atomic E-state index is 12.6. The van der Waals surface area contributed by atoms with Gasteiger partial charge in [0, 0.05) is 24.7 Å². The van der Waals surface area contributed by atoms with Crippen LogP contribution in [0.2, 0.25) is 0 Å². The molecular weight excluding hydrogens is 328 g/mol. The Labute approximate surface area is 144 Å². The number of ether oxygens (including phenoxy) is 1. The van der Waals surface area contributed by atoms with E-state index in [0.717, 1.165) is 32.0 Å². The van der Waals surface area contributed by atoms with Crippen LogP contribution in [-0.4, -0.2) is 82.5 Å². The maximum Gasteiger partial charge on any atom is 0.266 e. The van der Waals surface area contributed by atoms with E-state index in [0.29, 0.717) is 19.7 Å². The van der Waals surface area contributed by atoms with Crippen LogP contribution in [0.5, 0.6) is 0 Å². The summed E-state index contributed by atoms with van der Waals surface area (Å²) < 4.78 is 5.50. The molecule has 2 fully saturated rings. The van der Waals surface area contributed by atoms with Gasteiger partial charge in [-0.1, -0.05) is 0 Å². The van der Waals surface area contributed by atoms with Crippen LogP contribution in [0.25, 0.3) is 0 Å². The minimum absolute atomic E-state index is 0.113. The third-order valence-electron chi connectivity index (χ3n) is 4.67. The average molecular weight is 352 g/mol. The molecule has 0 aromatic carbocycles. The van der Waals surface area contributed by atoms with Crippen LogP contribution in [0.15, 0.2) is 15.7 Å². The van der Waals surface area contributed by atoms with E-state index in [1.165, 1.54) is 4.90 Å². The Kier molecular flexibility index (Phi) is 5.36. The average Bonchev–Trinajstić information content (AvgIpc) is 2.98. The number of nitrogens with one attached hydrogen (secondary N) is 2. The summed E-state index contributed by atoms with van der Waals surface area (Å²) in [5, 5.41) is 15.3. The summed E-state index contributed by atoms with van der Waals surface area (Å²) in [7, 11) is 0. The van der Waals surface area contributed by atoms with E-state index in [-0.39, 0.29) is 31.0 Å². The summed E-state index contributed by atoms with van der Waals surface area (Å²) >= 11 is 0. The molecule has 2 aliphatic heterocycles. The zero-order valence-corrected chi connectivity index (χ0v) is 14.1. The number of likely N-dealkylation sites (tertiary alicyclic amines) is 1. The van der Waals surface area contributed by atoms with Crippen LogP contribution >= 0.6 is 0 Å². The molecule has 3 heterocycles. The molecule has 0 saturated carbocycles. The van der Waals surface area contributed by atoms with E-state index >= 15 is 0 Å². The van der Waals surface area contributed by atoms with Crippen LogP contribution in [0.4, 0.5) is 0 Å². The van der Waals surface area contributed by atoms with Gasteiger partial charge in [-0.05, 0) is 25.9 Å². The Morgan fingerprint density at radius 1 is 1.24 bits per heavy atom. The van der Waals surface area contributed by atoms with Gasteiger partial charge in [-0.15, -0.1) is 0 Å². The van der Waals surface area contributed by atoms with Crippen LogP contribution in [0.3, 0.4) is 0 Å². The number of amides is 1. The number of rotatable bonds is 4. The largest absolute Gasteiger partial charge is 0.384 e. The van der Waals surface area contributed by atoms with Crippen molar-refractivity contribution >= 4 is 5.91 Å². The first kappa shape index (κ1) is 17.8. The van der Waals surface area contributed by atoms with Crippen LogP contribution in [0.1, 0.15) is 18.4 Å². The number of carbonyl (C=O) groups excluding carboxylic acids is 1. The Balaban J connectivity index is 1.69. The second-order valence-electron chi connectivity index (χ2n) is 6.87. The Morgan fingerprint density at radius 3 is 2.76 bits per heavy atom. The standard InChI is InChI=1S/C16H24N4O5/c21-13-7-12(15(23)18-17-13)8-14(22)20-5-6-25-11-16(24,10-20)9-19-3-1-2-4-19/h7,24H,1-6,8-11H2,(H,17,21)(H,18,23)/t16-/m1/s1. The number of carbonyl (C=O) groups is 1. The molecule has 0 bridgehead atoms. The number of aliphatic hydroxyl groups is 1. The Bertz CT molecular complexity index is 724. The number of hydrogen-bond donors (Lipinski definition) is 3. The molecule has 138 valence electrons. The first-order chi connectivity index (χ1) is 12.0.